The summed E-state index contributed by atoms with van der Waals surface area (Å²) in [7, 11) is 2.97. The summed E-state index contributed by atoms with van der Waals surface area (Å²) in [5.41, 5.74) is 2.10. The first-order valence-electron chi connectivity index (χ1n) is 9.95. The van der Waals surface area contributed by atoms with Crippen LogP contribution in [0.1, 0.15) is 25.6 Å². The Morgan fingerprint density at radius 2 is 1.79 bits per heavy atom. The van der Waals surface area contributed by atoms with E-state index >= 15 is 0 Å². The minimum atomic E-state index is -0.371. The lowest BCUT2D eigenvalue weighted by atomic mass is 10.1. The second kappa shape index (κ2) is 10.3. The van der Waals surface area contributed by atoms with Crippen molar-refractivity contribution in [3.63, 3.8) is 0 Å². The SMILES string of the molecule is COC(=O)c1cc2cc(NC(=O)c3ccc(OC)c(CSc4ccc(Cl)cc4)c3)ccc2s1. The molecule has 1 aromatic heterocycles. The summed E-state index contributed by atoms with van der Waals surface area (Å²) in [6, 6.07) is 20.3. The second-order valence-corrected chi connectivity index (χ2v) is 9.65. The van der Waals surface area contributed by atoms with E-state index in [1.54, 1.807) is 37.1 Å². The molecule has 1 amide bonds. The van der Waals surface area contributed by atoms with E-state index in [4.69, 9.17) is 21.1 Å². The maximum atomic E-state index is 12.9. The van der Waals surface area contributed by atoms with Crippen LogP contribution < -0.4 is 10.1 Å². The highest BCUT2D eigenvalue weighted by Crippen LogP contribution is 2.31. The Labute approximate surface area is 204 Å². The number of amides is 1. The number of ether oxygens (including phenoxy) is 2. The topological polar surface area (TPSA) is 64.6 Å². The van der Waals surface area contributed by atoms with Crippen LogP contribution in [0.15, 0.2) is 71.6 Å². The van der Waals surface area contributed by atoms with Crippen LogP contribution in [-0.4, -0.2) is 26.1 Å². The lowest BCUT2D eigenvalue weighted by Gasteiger charge is -2.11. The van der Waals surface area contributed by atoms with Gasteiger partial charge >= 0.3 is 5.97 Å². The molecule has 33 heavy (non-hydrogen) atoms. The summed E-state index contributed by atoms with van der Waals surface area (Å²) in [6.45, 7) is 0. The zero-order valence-electron chi connectivity index (χ0n) is 17.9. The molecule has 1 heterocycles. The van der Waals surface area contributed by atoms with Gasteiger partial charge in [-0.15, -0.1) is 23.1 Å². The third-order valence-corrected chi connectivity index (χ3v) is 7.32. The van der Waals surface area contributed by atoms with Crippen molar-refractivity contribution >= 4 is 62.3 Å². The summed E-state index contributed by atoms with van der Waals surface area (Å²) >= 11 is 8.95. The van der Waals surface area contributed by atoms with Crippen LogP contribution in [0.5, 0.6) is 5.75 Å². The van der Waals surface area contributed by atoms with Gasteiger partial charge in [0.25, 0.3) is 5.91 Å². The fraction of sp³-hybridized carbons (Fsp3) is 0.120. The number of halogens is 1. The first-order valence-corrected chi connectivity index (χ1v) is 12.1. The van der Waals surface area contributed by atoms with E-state index in [0.29, 0.717) is 26.9 Å². The zero-order valence-corrected chi connectivity index (χ0v) is 20.3. The molecule has 0 aliphatic heterocycles. The lowest BCUT2D eigenvalue weighted by molar-refractivity contribution is 0.0606. The van der Waals surface area contributed by atoms with Crippen LogP contribution in [0.25, 0.3) is 10.1 Å². The monoisotopic (exact) mass is 497 g/mol. The number of carbonyl (C=O) groups excluding carboxylic acids is 2. The van der Waals surface area contributed by atoms with E-state index in [9.17, 15) is 9.59 Å². The predicted molar refractivity (Wildman–Crippen MR) is 135 cm³/mol. The van der Waals surface area contributed by atoms with Crippen LogP contribution in [0, 0.1) is 0 Å². The molecule has 0 aliphatic carbocycles. The molecule has 0 bridgehead atoms. The fourth-order valence-electron chi connectivity index (χ4n) is 3.25. The summed E-state index contributed by atoms with van der Waals surface area (Å²) in [6.07, 6.45) is 0. The van der Waals surface area contributed by atoms with Crippen LogP contribution in [-0.2, 0) is 10.5 Å². The minimum Gasteiger partial charge on any atom is -0.496 e. The van der Waals surface area contributed by atoms with Gasteiger partial charge in [-0.05, 0) is 72.1 Å². The van der Waals surface area contributed by atoms with Gasteiger partial charge in [0.05, 0.1) is 14.2 Å². The highest BCUT2D eigenvalue weighted by atomic mass is 35.5. The van der Waals surface area contributed by atoms with Gasteiger partial charge in [-0.1, -0.05) is 11.6 Å². The number of rotatable bonds is 7. The standard InChI is InChI=1S/C25H20ClNO4S2/c1-30-21-9-3-15(11-17(21)14-32-20-7-4-18(26)5-8-20)24(28)27-19-6-10-22-16(12-19)13-23(33-22)25(29)31-2/h3-13H,14H2,1-2H3,(H,27,28). The Morgan fingerprint density at radius 1 is 1.00 bits per heavy atom. The number of thioether (sulfide) groups is 1. The second-order valence-electron chi connectivity index (χ2n) is 7.08. The molecule has 5 nitrogen and oxygen atoms in total. The molecule has 0 aliphatic rings. The number of esters is 1. The van der Waals surface area contributed by atoms with Crippen molar-refractivity contribution in [1.29, 1.82) is 0 Å². The molecular weight excluding hydrogens is 478 g/mol. The lowest BCUT2D eigenvalue weighted by Crippen LogP contribution is -2.12. The summed E-state index contributed by atoms with van der Waals surface area (Å²) in [4.78, 5) is 26.3. The van der Waals surface area contributed by atoms with Gasteiger partial charge < -0.3 is 14.8 Å². The highest BCUT2D eigenvalue weighted by molar-refractivity contribution is 7.98. The summed E-state index contributed by atoms with van der Waals surface area (Å²) in [5, 5.41) is 4.50. The van der Waals surface area contributed by atoms with E-state index < -0.39 is 0 Å². The highest BCUT2D eigenvalue weighted by Gasteiger charge is 2.14. The molecule has 3 aromatic carbocycles. The number of anilines is 1. The van der Waals surface area contributed by atoms with Crippen molar-refractivity contribution in [2.75, 3.05) is 19.5 Å². The molecule has 0 spiro atoms. The Bertz CT molecular complexity index is 1320. The number of thiophene rings is 1. The van der Waals surface area contributed by atoms with E-state index in [2.05, 4.69) is 5.32 Å². The summed E-state index contributed by atoms with van der Waals surface area (Å²) in [5.74, 6) is 0.772. The molecular formula is C25H20ClNO4S2. The van der Waals surface area contributed by atoms with E-state index in [-0.39, 0.29) is 11.9 Å². The molecule has 0 fully saturated rings. The largest absolute Gasteiger partial charge is 0.496 e. The van der Waals surface area contributed by atoms with E-state index in [1.165, 1.54) is 18.4 Å². The quantitative estimate of drug-likeness (QED) is 0.222. The third-order valence-electron chi connectivity index (χ3n) is 4.91. The first kappa shape index (κ1) is 23.2. The van der Waals surface area contributed by atoms with Crippen molar-refractivity contribution in [2.24, 2.45) is 0 Å². The van der Waals surface area contributed by atoms with Crippen LogP contribution >= 0.6 is 34.7 Å². The Hall–Kier alpha value is -3.00. The molecule has 4 aromatic rings. The van der Waals surface area contributed by atoms with Gasteiger partial charge in [-0.2, -0.15) is 0 Å². The molecule has 0 saturated heterocycles. The van der Waals surface area contributed by atoms with Gasteiger partial charge in [0.15, 0.2) is 0 Å². The predicted octanol–water partition coefficient (Wildman–Crippen LogP) is 6.89. The van der Waals surface area contributed by atoms with Crippen molar-refractivity contribution < 1.29 is 19.1 Å². The Balaban J connectivity index is 1.51. The number of fused-ring (bicyclic) bond motifs is 1. The zero-order chi connectivity index (χ0) is 23.4. The number of carbonyl (C=O) groups is 2. The van der Waals surface area contributed by atoms with E-state index in [1.807, 2.05) is 48.5 Å². The van der Waals surface area contributed by atoms with Crippen LogP contribution in [0.4, 0.5) is 5.69 Å². The van der Waals surface area contributed by atoms with Gasteiger partial charge in [-0.3, -0.25) is 4.79 Å². The van der Waals surface area contributed by atoms with Gasteiger partial charge in [0.2, 0.25) is 0 Å². The average molecular weight is 498 g/mol. The fourth-order valence-corrected chi connectivity index (χ4v) is 5.21. The number of hydrogen-bond donors (Lipinski definition) is 1. The van der Waals surface area contributed by atoms with Crippen molar-refractivity contribution in [3.05, 3.63) is 87.8 Å². The average Bonchev–Trinajstić information content (AvgIpc) is 3.26. The van der Waals surface area contributed by atoms with Crippen molar-refractivity contribution in [1.82, 2.24) is 0 Å². The minimum absolute atomic E-state index is 0.224. The maximum Gasteiger partial charge on any atom is 0.348 e. The Morgan fingerprint density at radius 3 is 2.52 bits per heavy atom. The molecule has 0 saturated carbocycles. The van der Waals surface area contributed by atoms with Crippen molar-refractivity contribution in [2.45, 2.75) is 10.6 Å². The summed E-state index contributed by atoms with van der Waals surface area (Å²) < 4.78 is 11.2. The smallest absolute Gasteiger partial charge is 0.348 e. The Kier molecular flexibility index (Phi) is 7.23. The van der Waals surface area contributed by atoms with Gasteiger partial charge in [-0.25, -0.2) is 4.79 Å². The maximum absolute atomic E-state index is 12.9. The van der Waals surface area contributed by atoms with Crippen LogP contribution in [0.2, 0.25) is 5.02 Å². The van der Waals surface area contributed by atoms with Gasteiger partial charge in [0, 0.05) is 37.2 Å². The number of nitrogens with one attached hydrogen (secondary N) is 1. The number of benzene rings is 3. The van der Waals surface area contributed by atoms with E-state index in [0.717, 1.165) is 26.3 Å². The molecule has 4 rings (SSSR count). The third kappa shape index (κ3) is 5.50. The molecule has 168 valence electrons. The molecule has 1 N–H and O–H groups in total. The molecule has 0 radical (unpaired) electrons. The number of methoxy groups -OCH3 is 2. The first-order chi connectivity index (χ1) is 16.0. The molecule has 0 atom stereocenters. The molecule has 0 unspecified atom stereocenters. The van der Waals surface area contributed by atoms with Crippen molar-refractivity contribution in [3.8, 4) is 5.75 Å². The normalized spacial score (nSPS) is 10.8. The molecule has 8 heteroatoms. The van der Waals surface area contributed by atoms with Gasteiger partial charge in [0.1, 0.15) is 10.6 Å². The number of hydrogen-bond acceptors (Lipinski definition) is 6. The van der Waals surface area contributed by atoms with Crippen LogP contribution in [0.3, 0.4) is 0 Å².